The van der Waals surface area contributed by atoms with Gasteiger partial charge in [-0.1, -0.05) is 136 Å². The topological polar surface area (TPSA) is 103 Å². The van der Waals surface area contributed by atoms with Crippen molar-refractivity contribution in [1.82, 2.24) is 25.3 Å². The summed E-state index contributed by atoms with van der Waals surface area (Å²) in [4.78, 5) is 41.4. The van der Waals surface area contributed by atoms with Crippen LogP contribution in [0.4, 0.5) is 9.59 Å². The van der Waals surface area contributed by atoms with Crippen molar-refractivity contribution in [3.8, 4) is 0 Å². The summed E-state index contributed by atoms with van der Waals surface area (Å²) in [5.41, 5.74) is -0.375. The molecule has 10 aliphatic heterocycles. The Morgan fingerprint density at radius 2 is 0.747 bits per heavy atom. The number of ether oxygens (including phenoxy) is 2. The van der Waals surface area contributed by atoms with Crippen LogP contribution in [0.15, 0.2) is 0 Å². The predicted molar refractivity (Wildman–Crippen MR) is 322 cm³/mol. The number of fused-ring (bicyclic) bond motifs is 10. The number of rotatable bonds is 1. The Hall–Kier alpha value is -2.07. The third kappa shape index (κ3) is 26.6. The van der Waals surface area contributed by atoms with Crippen LogP contribution in [-0.2, 0) is 14.3 Å². The molecule has 10 atom stereocenters. The molecule has 10 heteroatoms. The number of carbonyl (C=O) groups excluding carboxylic acids is 3. The van der Waals surface area contributed by atoms with Gasteiger partial charge < -0.3 is 34.8 Å². The summed E-state index contributed by atoms with van der Waals surface area (Å²) in [5.74, 6) is 4.60. The minimum Gasteiger partial charge on any atom is -0.444 e. The Bertz CT molecular complexity index is 1380. The maximum atomic E-state index is 12.1. The van der Waals surface area contributed by atoms with Crippen LogP contribution in [0.2, 0.25) is 0 Å². The van der Waals surface area contributed by atoms with Gasteiger partial charge in [-0.2, -0.15) is 0 Å². The van der Waals surface area contributed by atoms with Gasteiger partial charge in [-0.3, -0.25) is 4.79 Å². The summed E-state index contributed by atoms with van der Waals surface area (Å²) in [6, 6.07) is 5.01. The molecule has 75 heavy (non-hydrogen) atoms. The van der Waals surface area contributed by atoms with E-state index < -0.39 is 0 Å². The zero-order valence-corrected chi connectivity index (χ0v) is 53.4. The lowest BCUT2D eigenvalue weighted by Gasteiger charge is -2.38. The fourth-order valence-corrected chi connectivity index (χ4v) is 13.5. The molecule has 0 aromatic heterocycles. The quantitative estimate of drug-likeness (QED) is 0.271. The van der Waals surface area contributed by atoms with E-state index in [1.807, 2.05) is 32.6 Å². The molecule has 2 N–H and O–H groups in total. The highest BCUT2D eigenvalue weighted by atomic mass is 16.6. The lowest BCUT2D eigenvalue weighted by molar-refractivity contribution is -0.133. The summed E-state index contributed by atoms with van der Waals surface area (Å²) >= 11 is 0. The fraction of sp³-hybridized carbons (Fsp3) is 0.954. The third-order valence-corrected chi connectivity index (χ3v) is 15.7. The number of carbonyl (C=O) groups is 3. The lowest BCUT2D eigenvalue weighted by atomic mass is 9.92. The van der Waals surface area contributed by atoms with Gasteiger partial charge in [0.1, 0.15) is 5.60 Å². The van der Waals surface area contributed by atoms with Crippen molar-refractivity contribution >= 4 is 18.0 Å². The normalized spacial score (nSPS) is 33.5. The first-order valence-corrected chi connectivity index (χ1v) is 32.3. The average molecular weight is 1060 g/mol. The second kappa shape index (κ2) is 38.5. The van der Waals surface area contributed by atoms with E-state index in [2.05, 4.69) is 124 Å². The Kier molecular flexibility index (Phi) is 36.4. The molecule has 0 aromatic carbocycles. The van der Waals surface area contributed by atoms with E-state index in [1.54, 1.807) is 6.92 Å². The van der Waals surface area contributed by atoms with Crippen LogP contribution in [0.25, 0.3) is 0 Å². The average Bonchev–Trinajstić information content (AvgIpc) is 4.08. The molecule has 0 radical (unpaired) electrons. The van der Waals surface area contributed by atoms with Crippen molar-refractivity contribution in [3.05, 3.63) is 0 Å². The van der Waals surface area contributed by atoms with Crippen molar-refractivity contribution in [1.29, 1.82) is 0 Å². The molecule has 10 unspecified atom stereocenters. The van der Waals surface area contributed by atoms with Gasteiger partial charge in [0.2, 0.25) is 5.91 Å². The standard InChI is InChI=1S/C13H23NO2.C11H20N2O.C10H17NO.C8H15N.C8H14O.5C3H8/c1-9-7-10-5-6-11(8-9)14(10)12(15)16-13(2,3)4;1-3-12-11(14)13-9-4-5-10(13)7-8(2)6-9;1-7-5-9-3-4-10(6-7)11(9)8(2)12;2*1-6-4-7-2-3-8(5-6)9-7;5*1-3-2/h9-11H,5-8H2,1-4H3;8-10H,3-7H2,1-2H3,(H,12,14);7,9-10H,3-6H2,1-2H3;6-9H,2-5H2,1H3;6-8H,2-5H2,1H3;5*3H2,1-2H3. The van der Waals surface area contributed by atoms with Crippen LogP contribution in [0.5, 0.6) is 0 Å². The highest BCUT2D eigenvalue weighted by Gasteiger charge is 2.45. The SMILES string of the molecule is CC(=O)N1C2CCC1CC(C)C2.CC1CC2CCC(C1)N2.CC1CC2CCC(C1)N2C(=O)OC(C)(C)C.CC1CC2CCC(C1)O2.CCC.CCC.CCC.CCC.CCC.CCNC(=O)N1C2CCC1CC(C)C2. The van der Waals surface area contributed by atoms with E-state index in [9.17, 15) is 14.4 Å². The van der Waals surface area contributed by atoms with Gasteiger partial charge in [-0.25, -0.2) is 9.59 Å². The molecule has 10 nitrogen and oxygen atoms in total. The van der Waals surface area contributed by atoms with Crippen molar-refractivity contribution in [2.45, 2.75) is 365 Å². The van der Waals surface area contributed by atoms with E-state index >= 15 is 0 Å². The van der Waals surface area contributed by atoms with Gasteiger partial charge >= 0.3 is 12.1 Å². The molecule has 10 heterocycles. The number of nitrogens with zero attached hydrogens (tertiary/aromatic N) is 3. The van der Waals surface area contributed by atoms with Crippen LogP contribution in [0, 0.1) is 29.6 Å². The van der Waals surface area contributed by atoms with Crippen molar-refractivity contribution in [3.63, 3.8) is 0 Å². The van der Waals surface area contributed by atoms with E-state index in [0.29, 0.717) is 48.5 Å². The Morgan fingerprint density at radius 1 is 0.453 bits per heavy atom. The molecule has 444 valence electrons. The highest BCUT2D eigenvalue weighted by molar-refractivity contribution is 5.75. The Morgan fingerprint density at radius 3 is 1.05 bits per heavy atom. The van der Waals surface area contributed by atoms with Crippen LogP contribution in [0.1, 0.15) is 299 Å². The van der Waals surface area contributed by atoms with Crippen molar-refractivity contribution < 1.29 is 23.9 Å². The minimum atomic E-state index is -0.375. The molecule has 0 aliphatic carbocycles. The largest absolute Gasteiger partial charge is 0.444 e. The monoisotopic (exact) mass is 1060 g/mol. The van der Waals surface area contributed by atoms with E-state index in [1.165, 1.54) is 135 Å². The molecule has 10 fully saturated rings. The van der Waals surface area contributed by atoms with Crippen LogP contribution in [-0.4, -0.2) is 105 Å². The summed E-state index contributed by atoms with van der Waals surface area (Å²) in [6.07, 6.45) is 32.8. The van der Waals surface area contributed by atoms with Crippen molar-refractivity contribution in [2.24, 2.45) is 29.6 Å². The number of amides is 4. The third-order valence-electron chi connectivity index (χ3n) is 15.7. The Balaban J connectivity index is 0.000000443. The summed E-state index contributed by atoms with van der Waals surface area (Å²) < 4.78 is 11.1. The molecular formula is C65H129N5O5. The fourth-order valence-electron chi connectivity index (χ4n) is 13.5. The Labute approximate surface area is 466 Å². The number of nitrogens with one attached hydrogen (secondary N) is 2. The van der Waals surface area contributed by atoms with E-state index in [0.717, 1.165) is 73.9 Å². The van der Waals surface area contributed by atoms with Crippen LogP contribution < -0.4 is 10.6 Å². The van der Waals surface area contributed by atoms with Gasteiger partial charge in [-0.15, -0.1) is 0 Å². The first-order chi connectivity index (χ1) is 35.5. The molecule has 10 saturated heterocycles. The number of hydrogen-bond donors (Lipinski definition) is 2. The number of urea groups is 1. The molecule has 4 amide bonds. The van der Waals surface area contributed by atoms with Crippen LogP contribution in [0.3, 0.4) is 0 Å². The molecule has 10 rings (SSSR count). The van der Waals surface area contributed by atoms with Gasteiger partial charge in [0.15, 0.2) is 0 Å². The first-order valence-electron chi connectivity index (χ1n) is 32.3. The molecule has 0 spiro atoms. The zero-order chi connectivity index (χ0) is 56.8. The van der Waals surface area contributed by atoms with Gasteiger partial charge in [0.05, 0.1) is 12.2 Å². The first kappa shape index (κ1) is 70.9. The number of piperidine rings is 4. The lowest BCUT2D eigenvalue weighted by Crippen LogP contribution is -2.50. The molecule has 0 saturated carbocycles. The van der Waals surface area contributed by atoms with Gasteiger partial charge in [0, 0.05) is 61.8 Å². The summed E-state index contributed by atoms with van der Waals surface area (Å²) in [5, 5.41) is 6.54. The smallest absolute Gasteiger partial charge is 0.410 e. The van der Waals surface area contributed by atoms with Crippen LogP contribution >= 0.6 is 0 Å². The van der Waals surface area contributed by atoms with E-state index in [-0.39, 0.29) is 23.6 Å². The second-order valence-electron chi connectivity index (χ2n) is 26.2. The second-order valence-corrected chi connectivity index (χ2v) is 26.2. The summed E-state index contributed by atoms with van der Waals surface area (Å²) in [6.45, 7) is 43.1. The highest BCUT2D eigenvalue weighted by Crippen LogP contribution is 2.41. The maximum absolute atomic E-state index is 12.1. The van der Waals surface area contributed by atoms with Gasteiger partial charge in [-0.05, 0) is 186 Å². The maximum Gasteiger partial charge on any atom is 0.410 e. The van der Waals surface area contributed by atoms with E-state index in [4.69, 9.17) is 9.47 Å². The summed E-state index contributed by atoms with van der Waals surface area (Å²) in [7, 11) is 0. The zero-order valence-electron chi connectivity index (χ0n) is 53.4. The van der Waals surface area contributed by atoms with Gasteiger partial charge in [0.25, 0.3) is 0 Å². The minimum absolute atomic E-state index is 0.105. The molecular weight excluding hydrogens is 931 g/mol. The van der Waals surface area contributed by atoms with Crippen molar-refractivity contribution in [2.75, 3.05) is 6.54 Å². The number of hydrogen-bond acceptors (Lipinski definition) is 6. The predicted octanol–water partition coefficient (Wildman–Crippen LogP) is 17.5. The molecule has 10 bridgehead atoms. The molecule has 0 aromatic rings. The molecule has 10 aliphatic rings.